The highest BCUT2D eigenvalue weighted by Gasteiger charge is 2.23. The molecular weight excluding hydrogens is 354 g/mol. The van der Waals surface area contributed by atoms with Crippen LogP contribution in [0.25, 0.3) is 0 Å². The van der Waals surface area contributed by atoms with E-state index in [1.807, 2.05) is 19.1 Å². The summed E-state index contributed by atoms with van der Waals surface area (Å²) in [6.45, 7) is 6.18. The van der Waals surface area contributed by atoms with Crippen molar-refractivity contribution in [2.45, 2.75) is 64.5 Å². The van der Waals surface area contributed by atoms with Crippen LogP contribution in [0, 0.1) is 6.92 Å². The largest absolute Gasteiger partial charge is 0.364 e. The minimum Gasteiger partial charge on any atom is -0.364 e. The van der Waals surface area contributed by atoms with Gasteiger partial charge in [-0.3, -0.25) is 4.79 Å². The number of hydrogen-bond donors (Lipinski definition) is 4. The van der Waals surface area contributed by atoms with Crippen molar-refractivity contribution in [1.29, 1.82) is 0 Å². The van der Waals surface area contributed by atoms with Crippen molar-refractivity contribution >= 4 is 23.2 Å². The van der Waals surface area contributed by atoms with Gasteiger partial charge in [0.25, 0.3) is 5.91 Å². The van der Waals surface area contributed by atoms with Crippen molar-refractivity contribution in [2.24, 2.45) is 11.5 Å². The average Bonchev–Trinajstić information content (AvgIpc) is 2.63. The van der Waals surface area contributed by atoms with Gasteiger partial charge in [0, 0.05) is 23.8 Å². The smallest absolute Gasteiger partial charge is 0.271 e. The highest BCUT2D eigenvalue weighted by atomic mass is 16.1. The molecule has 28 heavy (non-hydrogen) atoms. The third-order valence-electron chi connectivity index (χ3n) is 5.02. The number of amides is 1. The molecule has 0 unspecified atom stereocenters. The molecule has 0 spiro atoms. The highest BCUT2D eigenvalue weighted by Crippen LogP contribution is 2.25. The monoisotopic (exact) mass is 383 g/mol. The summed E-state index contributed by atoms with van der Waals surface area (Å²) in [4.78, 5) is 16.5. The fourth-order valence-electron chi connectivity index (χ4n) is 3.46. The van der Waals surface area contributed by atoms with Gasteiger partial charge in [0.05, 0.1) is 5.69 Å². The molecule has 8 nitrogen and oxygen atoms in total. The van der Waals surface area contributed by atoms with E-state index in [9.17, 15) is 4.79 Å². The first-order valence-corrected chi connectivity index (χ1v) is 9.78. The minimum absolute atomic E-state index is 0.0768. The average molecular weight is 384 g/mol. The van der Waals surface area contributed by atoms with Gasteiger partial charge < -0.3 is 22.1 Å². The van der Waals surface area contributed by atoms with Crippen LogP contribution in [0.4, 0.5) is 17.3 Å². The Balaban J connectivity index is 1.89. The molecule has 1 saturated carbocycles. The van der Waals surface area contributed by atoms with Crippen LogP contribution in [0.3, 0.4) is 0 Å². The van der Waals surface area contributed by atoms with Crippen molar-refractivity contribution < 1.29 is 4.79 Å². The number of aryl methyl sites for hydroxylation is 1. The van der Waals surface area contributed by atoms with Gasteiger partial charge in [-0.1, -0.05) is 26.7 Å². The molecule has 1 aliphatic carbocycles. The normalized spacial score (nSPS) is 19.5. The number of nitrogens with one attached hydrogen (secondary N) is 2. The lowest BCUT2D eigenvalue weighted by atomic mass is 9.91. The van der Waals surface area contributed by atoms with Gasteiger partial charge in [-0.2, -0.15) is 0 Å². The van der Waals surface area contributed by atoms with Gasteiger partial charge in [-0.05, 0) is 43.4 Å². The molecule has 2 aromatic rings. The fourth-order valence-corrected chi connectivity index (χ4v) is 3.46. The maximum Gasteiger partial charge on any atom is 0.271 e. The van der Waals surface area contributed by atoms with E-state index in [0.717, 1.165) is 36.9 Å². The van der Waals surface area contributed by atoms with E-state index in [-0.39, 0.29) is 23.7 Å². The molecule has 1 aliphatic rings. The fraction of sp³-hybridized carbons (Fsp3) is 0.500. The number of nitrogens with zero attached hydrogens (tertiary/aromatic N) is 3. The molecule has 0 aromatic carbocycles. The SMILES string of the molecule is Cc1cc(Nc2cc(N[C@@H]3CCCC[C@@H]3N)nnc2C(N)=O)nc(C(C)C)c1. The molecule has 1 fully saturated rings. The Morgan fingerprint density at radius 2 is 1.89 bits per heavy atom. The summed E-state index contributed by atoms with van der Waals surface area (Å²) < 4.78 is 0. The predicted octanol–water partition coefficient (Wildman–Crippen LogP) is 2.83. The van der Waals surface area contributed by atoms with Crippen LogP contribution in [0.2, 0.25) is 0 Å². The molecule has 150 valence electrons. The van der Waals surface area contributed by atoms with Crippen molar-refractivity contribution in [2.75, 3.05) is 10.6 Å². The van der Waals surface area contributed by atoms with Crippen LogP contribution in [0.1, 0.15) is 67.2 Å². The molecular formula is C20H29N7O. The van der Waals surface area contributed by atoms with Crippen molar-refractivity contribution in [3.8, 4) is 0 Å². The van der Waals surface area contributed by atoms with E-state index >= 15 is 0 Å². The number of pyridine rings is 1. The number of hydrogen-bond acceptors (Lipinski definition) is 7. The molecule has 1 amide bonds. The van der Waals surface area contributed by atoms with Crippen LogP contribution in [-0.4, -0.2) is 33.2 Å². The number of carbonyl (C=O) groups excluding carboxylic acids is 1. The van der Waals surface area contributed by atoms with Crippen molar-refractivity contribution in [3.05, 3.63) is 35.2 Å². The molecule has 2 aromatic heterocycles. The molecule has 2 heterocycles. The Morgan fingerprint density at radius 1 is 1.14 bits per heavy atom. The zero-order valence-electron chi connectivity index (χ0n) is 16.7. The van der Waals surface area contributed by atoms with Gasteiger partial charge in [0.2, 0.25) is 0 Å². The summed E-state index contributed by atoms with van der Waals surface area (Å²) in [7, 11) is 0. The molecule has 8 heteroatoms. The predicted molar refractivity (Wildman–Crippen MR) is 111 cm³/mol. The zero-order chi connectivity index (χ0) is 20.3. The number of primary amides is 1. The third kappa shape index (κ3) is 4.75. The highest BCUT2D eigenvalue weighted by molar-refractivity contribution is 5.97. The second-order valence-corrected chi connectivity index (χ2v) is 7.79. The van der Waals surface area contributed by atoms with Crippen LogP contribution in [0.5, 0.6) is 0 Å². The van der Waals surface area contributed by atoms with Gasteiger partial charge in [0.15, 0.2) is 11.5 Å². The lowest BCUT2D eigenvalue weighted by molar-refractivity contribution is 0.0995. The quantitative estimate of drug-likeness (QED) is 0.603. The standard InChI is InChI=1S/C20H29N7O/c1-11(2)15-8-12(3)9-17(24-15)25-16-10-18(26-27-19(16)20(22)28)23-14-7-5-4-6-13(14)21/h8-11,13-14H,4-7,21H2,1-3H3,(H2,22,28)(H2,23,24,25,26)/t13-,14+/m0/s1. The van der Waals surface area contributed by atoms with E-state index in [2.05, 4.69) is 39.7 Å². The second kappa shape index (κ2) is 8.52. The maximum absolute atomic E-state index is 11.8. The third-order valence-corrected chi connectivity index (χ3v) is 5.02. The number of carbonyl (C=O) groups is 1. The van der Waals surface area contributed by atoms with Crippen LogP contribution in [0.15, 0.2) is 18.2 Å². The van der Waals surface area contributed by atoms with Crippen LogP contribution < -0.4 is 22.1 Å². The van der Waals surface area contributed by atoms with E-state index in [0.29, 0.717) is 17.3 Å². The summed E-state index contributed by atoms with van der Waals surface area (Å²) in [5, 5.41) is 14.7. The lowest BCUT2D eigenvalue weighted by Crippen LogP contribution is -2.42. The van der Waals surface area contributed by atoms with E-state index in [1.165, 1.54) is 0 Å². The van der Waals surface area contributed by atoms with Gasteiger partial charge >= 0.3 is 0 Å². The molecule has 3 rings (SSSR count). The topological polar surface area (TPSA) is 132 Å². The molecule has 2 atom stereocenters. The van der Waals surface area contributed by atoms with E-state index in [1.54, 1.807) is 6.07 Å². The van der Waals surface area contributed by atoms with E-state index in [4.69, 9.17) is 11.5 Å². The minimum atomic E-state index is -0.646. The summed E-state index contributed by atoms with van der Waals surface area (Å²) in [6.07, 6.45) is 4.26. The summed E-state index contributed by atoms with van der Waals surface area (Å²) >= 11 is 0. The summed E-state index contributed by atoms with van der Waals surface area (Å²) in [5.74, 6) is 0.843. The molecule has 0 radical (unpaired) electrons. The first-order chi connectivity index (χ1) is 13.3. The maximum atomic E-state index is 11.8. The Morgan fingerprint density at radius 3 is 2.57 bits per heavy atom. The molecule has 0 aliphatic heterocycles. The zero-order valence-corrected chi connectivity index (χ0v) is 16.7. The molecule has 6 N–H and O–H groups in total. The summed E-state index contributed by atoms with van der Waals surface area (Å²) in [6, 6.07) is 5.93. The Hall–Kier alpha value is -2.74. The number of nitrogens with two attached hydrogens (primary N) is 2. The van der Waals surface area contributed by atoms with Crippen LogP contribution in [-0.2, 0) is 0 Å². The number of rotatable bonds is 6. The lowest BCUT2D eigenvalue weighted by Gasteiger charge is -2.29. The van der Waals surface area contributed by atoms with Gasteiger partial charge in [0.1, 0.15) is 5.82 Å². The van der Waals surface area contributed by atoms with Crippen molar-refractivity contribution in [3.63, 3.8) is 0 Å². The Kier molecular flexibility index (Phi) is 6.08. The second-order valence-electron chi connectivity index (χ2n) is 7.79. The molecule has 0 saturated heterocycles. The van der Waals surface area contributed by atoms with Gasteiger partial charge in [-0.15, -0.1) is 10.2 Å². The van der Waals surface area contributed by atoms with Gasteiger partial charge in [-0.25, -0.2) is 4.98 Å². The first-order valence-electron chi connectivity index (χ1n) is 9.78. The number of aromatic nitrogens is 3. The van der Waals surface area contributed by atoms with Crippen molar-refractivity contribution in [1.82, 2.24) is 15.2 Å². The molecule has 0 bridgehead atoms. The van der Waals surface area contributed by atoms with Crippen LogP contribution >= 0.6 is 0 Å². The number of anilines is 3. The Bertz CT molecular complexity index is 852. The first kappa shape index (κ1) is 20.0. The Labute approximate surface area is 165 Å². The summed E-state index contributed by atoms with van der Waals surface area (Å²) in [5.41, 5.74) is 14.3. The van der Waals surface area contributed by atoms with E-state index < -0.39 is 5.91 Å².